The maximum Gasteiger partial charge on any atom is 0.333 e. The molecule has 0 unspecified atom stereocenters. The van der Waals surface area contributed by atoms with Crippen LogP contribution in [-0.2, 0) is 29.0 Å². The third-order valence-electron chi connectivity index (χ3n) is 5.65. The number of aliphatic hydroxyl groups is 1. The van der Waals surface area contributed by atoms with Crippen LogP contribution in [0.1, 0.15) is 42.5 Å². The molecule has 0 saturated carbocycles. The molecule has 3 heteroatoms. The Bertz CT molecular complexity index is 1090. The van der Waals surface area contributed by atoms with E-state index in [-0.39, 0.29) is 19.2 Å². The van der Waals surface area contributed by atoms with Crippen molar-refractivity contribution in [3.8, 4) is 22.3 Å². The Morgan fingerprint density at radius 2 is 1.59 bits per heavy atom. The van der Waals surface area contributed by atoms with Gasteiger partial charge in [-0.2, -0.15) is 0 Å². The van der Waals surface area contributed by atoms with Gasteiger partial charge in [-0.25, -0.2) is 4.79 Å². The van der Waals surface area contributed by atoms with Crippen LogP contribution in [0, 0.1) is 6.92 Å². The average Bonchev–Trinajstić information content (AvgIpc) is 2.81. The Morgan fingerprint density at radius 3 is 2.25 bits per heavy atom. The molecule has 3 aromatic rings. The second-order valence-corrected chi connectivity index (χ2v) is 8.27. The van der Waals surface area contributed by atoms with Crippen LogP contribution >= 0.6 is 0 Å². The SMILES string of the molecule is C=C(C)C(=O)OCc1cc(C)ccc1-c1ccc(-c2ccc(CCCO)cc2)c(CC)c1. The fraction of sp³-hybridized carbons (Fsp3) is 0.276. The first-order valence-corrected chi connectivity index (χ1v) is 11.2. The topological polar surface area (TPSA) is 46.5 Å². The fourth-order valence-electron chi connectivity index (χ4n) is 3.86. The molecule has 0 aliphatic carbocycles. The Labute approximate surface area is 191 Å². The highest BCUT2D eigenvalue weighted by molar-refractivity contribution is 5.87. The van der Waals surface area contributed by atoms with Crippen molar-refractivity contribution in [3.63, 3.8) is 0 Å². The van der Waals surface area contributed by atoms with E-state index in [9.17, 15) is 4.79 Å². The number of rotatable bonds is 9. The number of carbonyl (C=O) groups excluding carboxylic acids is 1. The van der Waals surface area contributed by atoms with Crippen LogP contribution in [-0.4, -0.2) is 17.7 Å². The summed E-state index contributed by atoms with van der Waals surface area (Å²) in [5, 5.41) is 9.04. The number of aryl methyl sites for hydroxylation is 3. The molecule has 1 N–H and O–H groups in total. The maximum atomic E-state index is 11.9. The van der Waals surface area contributed by atoms with E-state index < -0.39 is 0 Å². The minimum atomic E-state index is -0.371. The second-order valence-electron chi connectivity index (χ2n) is 8.27. The molecule has 3 nitrogen and oxygen atoms in total. The zero-order valence-corrected chi connectivity index (χ0v) is 19.3. The molecule has 0 saturated heterocycles. The van der Waals surface area contributed by atoms with Gasteiger partial charge in [-0.1, -0.05) is 79.7 Å². The zero-order chi connectivity index (χ0) is 23.1. The van der Waals surface area contributed by atoms with E-state index in [0.29, 0.717) is 5.57 Å². The van der Waals surface area contributed by atoms with Gasteiger partial charge in [-0.05, 0) is 72.1 Å². The summed E-state index contributed by atoms with van der Waals surface area (Å²) in [6, 6.07) is 21.4. The lowest BCUT2D eigenvalue weighted by Gasteiger charge is -2.15. The first-order valence-electron chi connectivity index (χ1n) is 11.2. The van der Waals surface area contributed by atoms with Crippen molar-refractivity contribution in [1.82, 2.24) is 0 Å². The summed E-state index contributed by atoms with van der Waals surface area (Å²) in [7, 11) is 0. The quantitative estimate of drug-likeness (QED) is 0.315. The minimum Gasteiger partial charge on any atom is -0.457 e. The Hall–Kier alpha value is -3.17. The van der Waals surface area contributed by atoms with Crippen molar-refractivity contribution in [1.29, 1.82) is 0 Å². The highest BCUT2D eigenvalue weighted by atomic mass is 16.5. The first kappa shape index (κ1) is 23.5. The van der Waals surface area contributed by atoms with Crippen LogP contribution in [0.4, 0.5) is 0 Å². The number of benzene rings is 3. The van der Waals surface area contributed by atoms with Crippen molar-refractivity contribution < 1.29 is 14.6 Å². The number of hydrogen-bond acceptors (Lipinski definition) is 3. The standard InChI is InChI=1S/C29H32O3/c1-5-23-18-25(13-15-27(23)24-11-9-22(10-12-24)7-6-16-30)28-14-8-21(4)17-26(28)19-32-29(31)20(2)3/h8-15,17-18,30H,2,5-7,16,19H2,1,3-4H3. The van der Waals surface area contributed by atoms with Gasteiger partial charge in [0.2, 0.25) is 0 Å². The lowest BCUT2D eigenvalue weighted by molar-refractivity contribution is -0.140. The molecule has 0 aromatic heterocycles. The molecule has 0 radical (unpaired) electrons. The molecule has 0 bridgehead atoms. The van der Waals surface area contributed by atoms with Crippen molar-refractivity contribution in [2.45, 2.75) is 46.6 Å². The molecule has 3 aromatic carbocycles. The van der Waals surface area contributed by atoms with Crippen molar-refractivity contribution in [2.24, 2.45) is 0 Å². The Kier molecular flexibility index (Phi) is 8.02. The smallest absolute Gasteiger partial charge is 0.333 e. The molecule has 0 spiro atoms. The third-order valence-corrected chi connectivity index (χ3v) is 5.65. The lowest BCUT2D eigenvalue weighted by atomic mass is 9.91. The molecule has 166 valence electrons. The monoisotopic (exact) mass is 428 g/mol. The maximum absolute atomic E-state index is 11.9. The van der Waals surface area contributed by atoms with E-state index >= 15 is 0 Å². The van der Waals surface area contributed by atoms with Gasteiger partial charge in [0.1, 0.15) is 6.61 Å². The predicted octanol–water partition coefficient (Wildman–Crippen LogP) is 6.44. The van der Waals surface area contributed by atoms with Crippen molar-refractivity contribution in [2.75, 3.05) is 6.61 Å². The molecular formula is C29H32O3. The highest BCUT2D eigenvalue weighted by Gasteiger charge is 2.12. The van der Waals surface area contributed by atoms with Crippen LogP contribution in [0.3, 0.4) is 0 Å². The van der Waals surface area contributed by atoms with Gasteiger partial charge in [0.15, 0.2) is 0 Å². The second kappa shape index (κ2) is 10.9. The van der Waals surface area contributed by atoms with E-state index in [1.54, 1.807) is 6.92 Å². The lowest BCUT2D eigenvalue weighted by Crippen LogP contribution is -2.06. The number of esters is 1. The highest BCUT2D eigenvalue weighted by Crippen LogP contribution is 2.32. The summed E-state index contributed by atoms with van der Waals surface area (Å²) in [6.07, 6.45) is 2.60. The molecule has 0 heterocycles. The van der Waals surface area contributed by atoms with Gasteiger partial charge in [0, 0.05) is 12.2 Å². The van der Waals surface area contributed by atoms with Crippen molar-refractivity contribution in [3.05, 3.63) is 95.1 Å². The van der Waals surface area contributed by atoms with Gasteiger partial charge in [0.25, 0.3) is 0 Å². The Balaban J connectivity index is 1.92. The van der Waals surface area contributed by atoms with E-state index in [2.05, 4.69) is 74.2 Å². The molecule has 0 aliphatic heterocycles. The normalized spacial score (nSPS) is 10.8. The largest absolute Gasteiger partial charge is 0.457 e. The summed E-state index contributed by atoms with van der Waals surface area (Å²) in [5.74, 6) is -0.371. The molecule has 0 aliphatic rings. The van der Waals surface area contributed by atoms with E-state index in [0.717, 1.165) is 41.5 Å². The molecule has 0 atom stereocenters. The van der Waals surface area contributed by atoms with Gasteiger partial charge in [-0.3, -0.25) is 0 Å². The Morgan fingerprint density at radius 1 is 0.938 bits per heavy atom. The molecule has 3 rings (SSSR count). The van der Waals surface area contributed by atoms with E-state index in [4.69, 9.17) is 9.84 Å². The summed E-state index contributed by atoms with van der Waals surface area (Å²) in [6.45, 7) is 9.97. The predicted molar refractivity (Wildman–Crippen MR) is 131 cm³/mol. The van der Waals surface area contributed by atoms with Crippen LogP contribution < -0.4 is 0 Å². The van der Waals surface area contributed by atoms with Crippen molar-refractivity contribution >= 4 is 5.97 Å². The number of aliphatic hydroxyl groups excluding tert-OH is 1. The van der Waals surface area contributed by atoms with Crippen LogP contribution in [0.2, 0.25) is 0 Å². The molecular weight excluding hydrogens is 396 g/mol. The average molecular weight is 429 g/mol. The van der Waals surface area contributed by atoms with Gasteiger partial charge in [0.05, 0.1) is 0 Å². The van der Waals surface area contributed by atoms with Crippen LogP contribution in [0.25, 0.3) is 22.3 Å². The van der Waals surface area contributed by atoms with Crippen LogP contribution in [0.15, 0.2) is 72.8 Å². The summed E-state index contributed by atoms with van der Waals surface area (Å²) >= 11 is 0. The molecule has 0 fully saturated rings. The molecule has 0 amide bonds. The minimum absolute atomic E-state index is 0.219. The van der Waals surface area contributed by atoms with E-state index in [1.165, 1.54) is 22.3 Å². The number of carbonyl (C=O) groups is 1. The number of hydrogen-bond donors (Lipinski definition) is 1. The van der Waals surface area contributed by atoms with Gasteiger partial charge < -0.3 is 9.84 Å². The zero-order valence-electron chi connectivity index (χ0n) is 19.3. The van der Waals surface area contributed by atoms with Gasteiger partial charge >= 0.3 is 5.97 Å². The summed E-state index contributed by atoms with van der Waals surface area (Å²) in [5.41, 5.74) is 9.65. The first-order chi connectivity index (χ1) is 15.4. The van der Waals surface area contributed by atoms with E-state index in [1.807, 2.05) is 6.92 Å². The number of ether oxygens (including phenoxy) is 1. The molecule has 32 heavy (non-hydrogen) atoms. The fourth-order valence-corrected chi connectivity index (χ4v) is 3.86. The van der Waals surface area contributed by atoms with Gasteiger partial charge in [-0.15, -0.1) is 0 Å². The summed E-state index contributed by atoms with van der Waals surface area (Å²) in [4.78, 5) is 11.9. The summed E-state index contributed by atoms with van der Waals surface area (Å²) < 4.78 is 5.44. The third kappa shape index (κ3) is 5.74. The van der Waals surface area contributed by atoms with Crippen LogP contribution in [0.5, 0.6) is 0 Å².